The number of nitrogens with one attached hydrogen (secondary N) is 1. The minimum absolute atomic E-state index is 0.104. The van der Waals surface area contributed by atoms with Gasteiger partial charge in [0.15, 0.2) is 0 Å². The van der Waals surface area contributed by atoms with Crippen LogP contribution in [0.15, 0.2) is 79.0 Å². The van der Waals surface area contributed by atoms with Crippen LogP contribution in [0.3, 0.4) is 0 Å². The molecule has 1 aromatic heterocycles. The molecule has 0 fully saturated rings. The summed E-state index contributed by atoms with van der Waals surface area (Å²) in [5.74, 6) is -0.362. The van der Waals surface area contributed by atoms with Crippen molar-refractivity contribution in [1.82, 2.24) is 9.78 Å². The number of anilines is 1. The summed E-state index contributed by atoms with van der Waals surface area (Å²) >= 11 is 0. The first-order chi connectivity index (χ1) is 16.0. The van der Waals surface area contributed by atoms with E-state index >= 15 is 0 Å². The summed E-state index contributed by atoms with van der Waals surface area (Å²) in [6.45, 7) is 0.424. The van der Waals surface area contributed by atoms with E-state index in [-0.39, 0.29) is 29.7 Å². The molecule has 0 spiro atoms. The third kappa shape index (κ3) is 5.74. The number of aromatic nitrogens is 2. The lowest BCUT2D eigenvalue weighted by molar-refractivity contribution is 0.102. The van der Waals surface area contributed by atoms with E-state index in [1.807, 2.05) is 0 Å². The van der Waals surface area contributed by atoms with Crippen LogP contribution < -0.4 is 14.8 Å². The number of benzene rings is 3. The Morgan fingerprint density at radius 1 is 0.970 bits per heavy atom. The molecule has 33 heavy (non-hydrogen) atoms. The molecule has 0 aliphatic heterocycles. The van der Waals surface area contributed by atoms with Gasteiger partial charge in [-0.25, -0.2) is 8.78 Å². The lowest BCUT2D eigenvalue weighted by atomic mass is 10.2. The summed E-state index contributed by atoms with van der Waals surface area (Å²) < 4.78 is 38.9. The van der Waals surface area contributed by atoms with Gasteiger partial charge < -0.3 is 14.8 Å². The first-order valence-electron chi connectivity index (χ1n) is 10.1. The molecule has 1 N–H and O–H groups in total. The van der Waals surface area contributed by atoms with Gasteiger partial charge >= 0.3 is 0 Å². The number of carbonyl (C=O) groups is 1. The highest BCUT2D eigenvalue weighted by atomic mass is 19.1. The molecular weight excluding hydrogens is 428 g/mol. The fourth-order valence-electron chi connectivity index (χ4n) is 3.16. The van der Waals surface area contributed by atoms with E-state index in [4.69, 9.17) is 9.47 Å². The van der Waals surface area contributed by atoms with Crippen LogP contribution in [0.4, 0.5) is 14.5 Å². The van der Waals surface area contributed by atoms with Gasteiger partial charge in [-0.15, -0.1) is 5.10 Å². The highest BCUT2D eigenvalue weighted by Crippen LogP contribution is 2.22. The van der Waals surface area contributed by atoms with Crippen LogP contribution in [0.25, 0.3) is 0 Å². The molecule has 4 aromatic rings. The Morgan fingerprint density at radius 3 is 2.30 bits per heavy atom. The molecule has 0 bridgehead atoms. The molecule has 0 aliphatic rings. The smallest absolute Gasteiger partial charge is 0.262 e. The van der Waals surface area contributed by atoms with Crippen LogP contribution in [-0.4, -0.2) is 22.8 Å². The van der Waals surface area contributed by atoms with Crippen LogP contribution >= 0.6 is 0 Å². The molecule has 1 amide bonds. The Labute approximate surface area is 189 Å². The zero-order valence-corrected chi connectivity index (χ0v) is 17.8. The van der Waals surface area contributed by atoms with Crippen LogP contribution in [0, 0.1) is 11.6 Å². The monoisotopic (exact) mass is 449 g/mol. The summed E-state index contributed by atoms with van der Waals surface area (Å²) in [5.41, 5.74) is 2.31. The second kappa shape index (κ2) is 9.95. The topological polar surface area (TPSA) is 65.4 Å². The fraction of sp³-hybridized carbons (Fsp3) is 0.120. The molecule has 0 radical (unpaired) electrons. The van der Waals surface area contributed by atoms with E-state index < -0.39 is 5.91 Å². The standard InChI is InChI=1S/C25H21F2N3O3/c1-32-22-4-2-3-21(13-22)28-24(31)23-15-30(14-17-5-9-19(26)10-6-17)29-25(23)33-16-18-7-11-20(27)12-8-18/h2-13,15H,14,16H2,1H3,(H,28,31). The molecule has 1 heterocycles. The van der Waals surface area contributed by atoms with E-state index in [2.05, 4.69) is 10.4 Å². The van der Waals surface area contributed by atoms with Gasteiger partial charge in [0, 0.05) is 18.0 Å². The summed E-state index contributed by atoms with van der Waals surface area (Å²) in [6, 6.07) is 18.8. The maximum absolute atomic E-state index is 13.2. The number of rotatable bonds is 8. The zero-order valence-electron chi connectivity index (χ0n) is 17.8. The van der Waals surface area contributed by atoms with E-state index in [1.54, 1.807) is 66.5 Å². The number of halogens is 2. The van der Waals surface area contributed by atoms with Crippen molar-refractivity contribution in [3.8, 4) is 11.6 Å². The number of methoxy groups -OCH3 is 1. The molecule has 0 aliphatic carbocycles. The normalized spacial score (nSPS) is 10.6. The number of hydrogen-bond acceptors (Lipinski definition) is 4. The number of hydrogen-bond donors (Lipinski definition) is 1. The van der Waals surface area contributed by atoms with Crippen molar-refractivity contribution >= 4 is 11.6 Å². The molecule has 168 valence electrons. The van der Waals surface area contributed by atoms with Crippen molar-refractivity contribution in [3.05, 3.63) is 107 Å². The zero-order chi connectivity index (χ0) is 23.2. The highest BCUT2D eigenvalue weighted by Gasteiger charge is 2.19. The summed E-state index contributed by atoms with van der Waals surface area (Å²) in [5, 5.41) is 7.21. The third-order valence-corrected chi connectivity index (χ3v) is 4.85. The predicted octanol–water partition coefficient (Wildman–Crippen LogP) is 5.05. The van der Waals surface area contributed by atoms with Crippen molar-refractivity contribution < 1.29 is 23.0 Å². The fourth-order valence-corrected chi connectivity index (χ4v) is 3.16. The minimum atomic E-state index is -0.414. The van der Waals surface area contributed by atoms with Gasteiger partial charge in [-0.2, -0.15) is 0 Å². The molecule has 8 heteroatoms. The second-order valence-electron chi connectivity index (χ2n) is 7.27. The third-order valence-electron chi connectivity index (χ3n) is 4.85. The maximum atomic E-state index is 13.2. The largest absolute Gasteiger partial charge is 0.497 e. The Hall–Kier alpha value is -4.20. The molecule has 3 aromatic carbocycles. The lowest BCUT2D eigenvalue weighted by Gasteiger charge is -2.08. The SMILES string of the molecule is COc1cccc(NC(=O)c2cn(Cc3ccc(F)cc3)nc2OCc2ccc(F)cc2)c1. The lowest BCUT2D eigenvalue weighted by Crippen LogP contribution is -2.13. The Balaban J connectivity index is 1.57. The highest BCUT2D eigenvalue weighted by molar-refractivity contribution is 6.05. The van der Waals surface area contributed by atoms with Crippen LogP contribution in [-0.2, 0) is 13.2 Å². The Bertz CT molecular complexity index is 1240. The van der Waals surface area contributed by atoms with Crippen molar-refractivity contribution in [3.63, 3.8) is 0 Å². The summed E-state index contributed by atoms with van der Waals surface area (Å²) in [4.78, 5) is 13.0. The Kier molecular flexibility index (Phi) is 6.64. The number of carbonyl (C=O) groups excluding carboxylic acids is 1. The average Bonchev–Trinajstić information content (AvgIpc) is 3.23. The van der Waals surface area contributed by atoms with E-state index in [0.717, 1.165) is 11.1 Å². The van der Waals surface area contributed by atoms with Gasteiger partial charge in [0.25, 0.3) is 5.91 Å². The summed E-state index contributed by atoms with van der Waals surface area (Å²) in [7, 11) is 1.54. The first-order valence-corrected chi connectivity index (χ1v) is 10.1. The number of amides is 1. The van der Waals surface area contributed by atoms with Crippen molar-refractivity contribution in [1.29, 1.82) is 0 Å². The van der Waals surface area contributed by atoms with Gasteiger partial charge in [-0.3, -0.25) is 9.48 Å². The quantitative estimate of drug-likeness (QED) is 0.409. The number of nitrogens with zero attached hydrogens (tertiary/aromatic N) is 2. The second-order valence-corrected chi connectivity index (χ2v) is 7.27. The summed E-state index contributed by atoms with van der Waals surface area (Å²) in [6.07, 6.45) is 1.57. The number of ether oxygens (including phenoxy) is 2. The molecule has 6 nitrogen and oxygen atoms in total. The molecule has 0 saturated carbocycles. The maximum Gasteiger partial charge on any atom is 0.262 e. The van der Waals surface area contributed by atoms with Crippen LogP contribution in [0.5, 0.6) is 11.6 Å². The van der Waals surface area contributed by atoms with Gasteiger partial charge in [0.1, 0.15) is 29.6 Å². The van der Waals surface area contributed by atoms with Crippen molar-refractivity contribution in [2.45, 2.75) is 13.2 Å². The van der Waals surface area contributed by atoms with Crippen molar-refractivity contribution in [2.75, 3.05) is 12.4 Å². The van der Waals surface area contributed by atoms with Crippen LogP contribution in [0.1, 0.15) is 21.5 Å². The van der Waals surface area contributed by atoms with E-state index in [1.165, 1.54) is 24.3 Å². The molecule has 0 atom stereocenters. The van der Waals surface area contributed by atoms with Gasteiger partial charge in [-0.1, -0.05) is 30.3 Å². The predicted molar refractivity (Wildman–Crippen MR) is 119 cm³/mol. The van der Waals surface area contributed by atoms with Crippen LogP contribution in [0.2, 0.25) is 0 Å². The average molecular weight is 449 g/mol. The van der Waals surface area contributed by atoms with E-state index in [0.29, 0.717) is 18.0 Å². The van der Waals surface area contributed by atoms with E-state index in [9.17, 15) is 13.6 Å². The Morgan fingerprint density at radius 2 is 1.64 bits per heavy atom. The minimum Gasteiger partial charge on any atom is -0.497 e. The molecule has 0 saturated heterocycles. The van der Waals surface area contributed by atoms with Gasteiger partial charge in [-0.05, 0) is 47.5 Å². The van der Waals surface area contributed by atoms with Gasteiger partial charge in [0.05, 0.1) is 13.7 Å². The van der Waals surface area contributed by atoms with Crippen molar-refractivity contribution in [2.24, 2.45) is 0 Å². The first kappa shape index (κ1) is 22.0. The van der Waals surface area contributed by atoms with Gasteiger partial charge in [0.2, 0.25) is 5.88 Å². The molecular formula is C25H21F2N3O3. The molecule has 0 unspecified atom stereocenters. The molecule has 4 rings (SSSR count).